The van der Waals surface area contributed by atoms with Crippen LogP contribution in [0.2, 0.25) is 5.02 Å². The fourth-order valence-electron chi connectivity index (χ4n) is 2.56. The van der Waals surface area contributed by atoms with Gasteiger partial charge in [-0.25, -0.2) is 12.7 Å². The highest BCUT2D eigenvalue weighted by Crippen LogP contribution is 2.36. The topological polar surface area (TPSA) is 86.7 Å². The van der Waals surface area contributed by atoms with Gasteiger partial charge in [-0.2, -0.15) is 0 Å². The number of benzene rings is 2. The third kappa shape index (κ3) is 2.85. The molecule has 0 saturated carbocycles. The zero-order valence-electron chi connectivity index (χ0n) is 13.4. The molecule has 2 aromatic carbocycles. The number of carbonyl (C=O) groups is 1. The van der Waals surface area contributed by atoms with Crippen LogP contribution in [0.1, 0.15) is 11.1 Å². The summed E-state index contributed by atoms with van der Waals surface area (Å²) >= 11 is 6.04. The number of hydrogen-bond donors (Lipinski definition) is 2. The van der Waals surface area contributed by atoms with Gasteiger partial charge in [-0.05, 0) is 30.7 Å². The van der Waals surface area contributed by atoms with Crippen LogP contribution in [0.4, 0.5) is 5.69 Å². The van der Waals surface area contributed by atoms with Gasteiger partial charge in [-0.3, -0.25) is 4.79 Å². The molecule has 0 spiro atoms. The van der Waals surface area contributed by atoms with E-state index in [1.54, 1.807) is 37.3 Å². The van der Waals surface area contributed by atoms with Crippen molar-refractivity contribution in [1.82, 2.24) is 4.31 Å². The third-order valence-corrected chi connectivity index (χ3v) is 6.03. The van der Waals surface area contributed by atoms with E-state index in [0.29, 0.717) is 15.0 Å². The van der Waals surface area contributed by atoms with E-state index in [1.807, 2.05) is 0 Å². The molecule has 3 rings (SSSR count). The highest BCUT2D eigenvalue weighted by molar-refractivity contribution is 7.89. The maximum atomic E-state index is 12.7. The lowest BCUT2D eigenvalue weighted by Gasteiger charge is -2.28. The van der Waals surface area contributed by atoms with Crippen LogP contribution >= 0.6 is 11.6 Å². The van der Waals surface area contributed by atoms with Crippen molar-refractivity contribution < 1.29 is 18.3 Å². The molecule has 0 unspecified atom stereocenters. The molecule has 1 amide bonds. The fraction of sp³-hybridized carbons (Fsp3) is 0.118. The van der Waals surface area contributed by atoms with Crippen LogP contribution in [-0.4, -0.2) is 30.8 Å². The second-order valence-electron chi connectivity index (χ2n) is 5.60. The molecule has 1 heterocycles. The molecule has 0 aliphatic carbocycles. The van der Waals surface area contributed by atoms with Crippen molar-refractivity contribution in [2.24, 2.45) is 0 Å². The summed E-state index contributed by atoms with van der Waals surface area (Å²) in [4.78, 5) is 12.7. The number of halogens is 1. The average Bonchev–Trinajstić information content (AvgIpc) is 2.56. The second kappa shape index (κ2) is 6.09. The quantitative estimate of drug-likeness (QED) is 0.840. The molecular weight excluding hydrogens is 364 g/mol. The van der Waals surface area contributed by atoms with Crippen molar-refractivity contribution >= 4 is 38.8 Å². The molecule has 130 valence electrons. The first-order valence-electron chi connectivity index (χ1n) is 7.32. The Kier molecular flexibility index (Phi) is 4.22. The molecular formula is C17H15ClN2O4S. The maximum Gasteiger partial charge on any atom is 0.267 e. The number of anilines is 1. The molecule has 1 aliphatic heterocycles. The molecule has 0 atom stereocenters. The Morgan fingerprint density at radius 1 is 1.20 bits per heavy atom. The van der Waals surface area contributed by atoms with E-state index >= 15 is 0 Å². The number of sulfonamides is 1. The minimum Gasteiger partial charge on any atom is -0.493 e. The van der Waals surface area contributed by atoms with Crippen molar-refractivity contribution in [3.8, 4) is 0 Å². The largest absolute Gasteiger partial charge is 0.493 e. The molecule has 2 aromatic rings. The molecule has 0 saturated heterocycles. The number of nitrogens with one attached hydrogen (secondary N) is 1. The van der Waals surface area contributed by atoms with Crippen molar-refractivity contribution in [2.75, 3.05) is 12.4 Å². The summed E-state index contributed by atoms with van der Waals surface area (Å²) in [7, 11) is -2.73. The number of hydrogen-bond acceptors (Lipinski definition) is 4. The van der Waals surface area contributed by atoms with Crippen LogP contribution < -0.4 is 5.32 Å². The van der Waals surface area contributed by atoms with Gasteiger partial charge in [0.15, 0.2) is 0 Å². The predicted octanol–water partition coefficient (Wildman–Crippen LogP) is 3.15. The summed E-state index contributed by atoms with van der Waals surface area (Å²) < 4.78 is 25.7. The number of fused-ring (bicyclic) bond motifs is 1. The highest BCUT2D eigenvalue weighted by atomic mass is 35.5. The number of aliphatic hydroxyl groups is 1. The van der Waals surface area contributed by atoms with Gasteiger partial charge in [0.1, 0.15) is 5.57 Å². The lowest BCUT2D eigenvalue weighted by Crippen LogP contribution is -2.34. The highest BCUT2D eigenvalue weighted by Gasteiger charge is 2.37. The summed E-state index contributed by atoms with van der Waals surface area (Å²) in [5.74, 6) is -1.29. The molecule has 0 fully saturated rings. The van der Waals surface area contributed by atoms with Crippen LogP contribution in [0.3, 0.4) is 0 Å². The van der Waals surface area contributed by atoms with Crippen molar-refractivity contribution in [2.45, 2.75) is 11.8 Å². The monoisotopic (exact) mass is 378 g/mol. The van der Waals surface area contributed by atoms with Gasteiger partial charge in [0.05, 0.1) is 15.6 Å². The molecule has 1 aliphatic rings. The molecule has 0 bridgehead atoms. The summed E-state index contributed by atoms with van der Waals surface area (Å²) in [5.41, 5.74) is 1.10. The van der Waals surface area contributed by atoms with Gasteiger partial charge >= 0.3 is 0 Å². The van der Waals surface area contributed by atoms with Gasteiger partial charge in [0, 0.05) is 12.6 Å². The number of para-hydroxylation sites is 1. The number of carbonyl (C=O) groups excluding carboxylic acids is 1. The Hall–Kier alpha value is -2.51. The lowest BCUT2D eigenvalue weighted by atomic mass is 10.0. The molecule has 6 nitrogen and oxygen atoms in total. The molecule has 2 N–H and O–H groups in total. The zero-order chi connectivity index (χ0) is 18.4. The number of aliphatic hydroxyl groups excluding tert-OH is 1. The Morgan fingerprint density at radius 3 is 2.56 bits per heavy atom. The number of amides is 1. The van der Waals surface area contributed by atoms with Crippen LogP contribution in [0.25, 0.3) is 5.57 Å². The summed E-state index contributed by atoms with van der Waals surface area (Å²) in [6, 6.07) is 11.3. The molecule has 8 heteroatoms. The van der Waals surface area contributed by atoms with E-state index in [9.17, 15) is 18.3 Å². The van der Waals surface area contributed by atoms with Crippen molar-refractivity contribution in [3.63, 3.8) is 0 Å². The number of rotatable bonds is 2. The maximum absolute atomic E-state index is 12.7. The van der Waals surface area contributed by atoms with E-state index in [0.717, 1.165) is 5.56 Å². The summed E-state index contributed by atoms with van der Waals surface area (Å²) in [5, 5.41) is 13.3. The van der Waals surface area contributed by atoms with Gasteiger partial charge in [0.2, 0.25) is 5.88 Å². The standard InChI is InChI=1S/C17H15ClN2O4S/c1-10-7-8-11-14(9-10)25(23,24)20(2)17(22)15(11)16(21)19-13-6-4-3-5-12(13)18/h3-9,22H,1-2H3,(H,19,21). The Labute approximate surface area is 150 Å². The second-order valence-corrected chi connectivity index (χ2v) is 7.95. The van der Waals surface area contributed by atoms with Crippen molar-refractivity contribution in [1.29, 1.82) is 0 Å². The fourth-order valence-corrected chi connectivity index (χ4v) is 4.14. The van der Waals surface area contributed by atoms with Crippen LogP contribution in [0.15, 0.2) is 53.2 Å². The average molecular weight is 379 g/mol. The van der Waals surface area contributed by atoms with Gasteiger partial charge < -0.3 is 10.4 Å². The third-order valence-electron chi connectivity index (χ3n) is 3.92. The smallest absolute Gasteiger partial charge is 0.267 e. The normalized spacial score (nSPS) is 15.7. The first-order chi connectivity index (χ1) is 11.7. The number of nitrogens with zero attached hydrogens (tertiary/aromatic N) is 1. The lowest BCUT2D eigenvalue weighted by molar-refractivity contribution is -0.111. The van der Waals surface area contributed by atoms with Crippen LogP contribution in [-0.2, 0) is 14.8 Å². The summed E-state index contributed by atoms with van der Waals surface area (Å²) in [6.07, 6.45) is 0. The summed E-state index contributed by atoms with van der Waals surface area (Å²) in [6.45, 7) is 1.75. The Balaban J connectivity index is 2.14. The van der Waals surface area contributed by atoms with Crippen LogP contribution in [0, 0.1) is 6.92 Å². The van der Waals surface area contributed by atoms with E-state index in [4.69, 9.17) is 11.6 Å². The van der Waals surface area contributed by atoms with Gasteiger partial charge in [-0.15, -0.1) is 0 Å². The van der Waals surface area contributed by atoms with Crippen molar-refractivity contribution in [3.05, 3.63) is 64.5 Å². The first kappa shape index (κ1) is 17.3. The minimum absolute atomic E-state index is 0.0305. The first-order valence-corrected chi connectivity index (χ1v) is 9.14. The molecule has 0 radical (unpaired) electrons. The predicted molar refractivity (Wildman–Crippen MR) is 95.8 cm³/mol. The Bertz CT molecular complexity index is 1020. The van der Waals surface area contributed by atoms with Gasteiger partial charge in [0.25, 0.3) is 15.9 Å². The van der Waals surface area contributed by atoms with E-state index < -0.39 is 21.8 Å². The van der Waals surface area contributed by atoms with Gasteiger partial charge in [-0.1, -0.05) is 35.9 Å². The number of aryl methyl sites for hydroxylation is 1. The van der Waals surface area contributed by atoms with E-state index in [2.05, 4.69) is 5.32 Å². The van der Waals surface area contributed by atoms with Crippen LogP contribution in [0.5, 0.6) is 0 Å². The zero-order valence-corrected chi connectivity index (χ0v) is 15.0. The Morgan fingerprint density at radius 2 is 1.88 bits per heavy atom. The minimum atomic E-state index is -3.92. The SMILES string of the molecule is Cc1ccc2c(c1)S(=O)(=O)N(C)C(O)=C2C(=O)Nc1ccccc1Cl. The van der Waals surface area contributed by atoms with E-state index in [1.165, 1.54) is 19.2 Å². The molecule has 25 heavy (non-hydrogen) atoms. The van der Waals surface area contributed by atoms with E-state index in [-0.39, 0.29) is 16.0 Å². The molecule has 0 aromatic heterocycles.